The Kier molecular flexibility index (Phi) is 7.45. The van der Waals surface area contributed by atoms with Gasteiger partial charge in [-0.3, -0.25) is 9.69 Å². The normalized spacial score (nSPS) is 19.2. The summed E-state index contributed by atoms with van der Waals surface area (Å²) in [6, 6.07) is 7.96. The molecule has 0 aromatic heterocycles. The lowest BCUT2D eigenvalue weighted by Crippen LogP contribution is -2.43. The Morgan fingerprint density at radius 1 is 1.38 bits per heavy atom. The van der Waals surface area contributed by atoms with Crippen LogP contribution in [0.2, 0.25) is 5.02 Å². The van der Waals surface area contributed by atoms with Crippen LogP contribution in [0.5, 0.6) is 0 Å². The molecule has 1 atom stereocenters. The fraction of sp³-hybridized carbons (Fsp3) is 0.632. The predicted molar refractivity (Wildman–Crippen MR) is 105 cm³/mol. The highest BCUT2D eigenvalue weighted by Crippen LogP contribution is 2.23. The molecule has 1 N–H and O–H groups in total. The minimum absolute atomic E-state index is 0.0980. The summed E-state index contributed by atoms with van der Waals surface area (Å²) in [7, 11) is 0. The highest BCUT2D eigenvalue weighted by Gasteiger charge is 2.25. The lowest BCUT2D eigenvalue weighted by molar-refractivity contribution is -0.126. The summed E-state index contributed by atoms with van der Waals surface area (Å²) in [5.74, 6) is 1.26. The summed E-state index contributed by atoms with van der Waals surface area (Å²) >= 11 is 8.14. The Bertz CT molecular complexity index is 544. The van der Waals surface area contributed by atoms with Crippen molar-refractivity contribution in [3.63, 3.8) is 0 Å². The van der Waals surface area contributed by atoms with Gasteiger partial charge in [0, 0.05) is 35.2 Å². The monoisotopic (exact) mass is 368 g/mol. The number of rotatable bonds is 6. The number of nitrogens with zero attached hydrogens (tertiary/aromatic N) is 1. The van der Waals surface area contributed by atoms with Gasteiger partial charge in [-0.05, 0) is 31.0 Å². The number of amides is 1. The van der Waals surface area contributed by atoms with Crippen molar-refractivity contribution in [2.24, 2.45) is 5.92 Å². The van der Waals surface area contributed by atoms with Gasteiger partial charge in [-0.2, -0.15) is 11.8 Å². The van der Waals surface area contributed by atoms with Crippen LogP contribution in [0.4, 0.5) is 0 Å². The first-order valence-corrected chi connectivity index (χ1v) is 10.1. The molecule has 0 bridgehead atoms. The molecule has 0 saturated carbocycles. The van der Waals surface area contributed by atoms with E-state index >= 15 is 0 Å². The van der Waals surface area contributed by atoms with Crippen molar-refractivity contribution in [2.75, 3.05) is 25.4 Å². The van der Waals surface area contributed by atoms with Crippen LogP contribution >= 0.6 is 23.4 Å². The highest BCUT2D eigenvalue weighted by molar-refractivity contribution is 8.00. The summed E-state index contributed by atoms with van der Waals surface area (Å²) in [5, 5.41) is 3.92. The zero-order chi connectivity index (χ0) is 17.6. The van der Waals surface area contributed by atoms with Gasteiger partial charge in [0.2, 0.25) is 5.91 Å². The van der Waals surface area contributed by atoms with Crippen molar-refractivity contribution in [2.45, 2.75) is 44.9 Å². The van der Waals surface area contributed by atoms with Gasteiger partial charge in [0.25, 0.3) is 0 Å². The summed E-state index contributed by atoms with van der Waals surface area (Å²) in [6.07, 6.45) is 2.05. The molecule has 0 spiro atoms. The topological polar surface area (TPSA) is 32.3 Å². The molecule has 0 aliphatic carbocycles. The van der Waals surface area contributed by atoms with Crippen LogP contribution < -0.4 is 5.32 Å². The van der Waals surface area contributed by atoms with Gasteiger partial charge in [0.05, 0.1) is 5.92 Å². The zero-order valence-electron chi connectivity index (χ0n) is 15.0. The van der Waals surface area contributed by atoms with Gasteiger partial charge < -0.3 is 5.32 Å². The van der Waals surface area contributed by atoms with E-state index in [0.717, 1.165) is 55.4 Å². The van der Waals surface area contributed by atoms with Gasteiger partial charge in [0.1, 0.15) is 0 Å². The molecule has 1 aliphatic rings. The van der Waals surface area contributed by atoms with Crippen molar-refractivity contribution in [1.29, 1.82) is 0 Å². The third-order valence-corrected chi connectivity index (χ3v) is 5.81. The second kappa shape index (κ2) is 9.12. The second-order valence-corrected chi connectivity index (χ2v) is 9.75. The Labute approximate surface area is 155 Å². The van der Waals surface area contributed by atoms with Crippen LogP contribution in [0.15, 0.2) is 24.3 Å². The lowest BCUT2D eigenvalue weighted by atomic mass is 9.96. The van der Waals surface area contributed by atoms with Crippen LogP contribution in [0.3, 0.4) is 0 Å². The fourth-order valence-electron chi connectivity index (χ4n) is 2.96. The van der Waals surface area contributed by atoms with Crippen LogP contribution in [0.1, 0.15) is 39.2 Å². The molecule has 3 nitrogen and oxygen atoms in total. The van der Waals surface area contributed by atoms with Crippen molar-refractivity contribution >= 4 is 29.3 Å². The van der Waals surface area contributed by atoms with Crippen LogP contribution in [0, 0.1) is 5.92 Å². The molecular weight excluding hydrogens is 340 g/mol. The molecule has 0 unspecified atom stereocenters. The van der Waals surface area contributed by atoms with Crippen LogP contribution in [-0.4, -0.2) is 40.9 Å². The molecule has 1 fully saturated rings. The number of halogens is 1. The number of carbonyl (C=O) groups is 1. The number of carbonyl (C=O) groups excluding carboxylic acids is 1. The van der Waals surface area contributed by atoms with E-state index in [1.165, 1.54) is 0 Å². The quantitative estimate of drug-likeness (QED) is 0.764. The molecule has 1 amide bonds. The maximum Gasteiger partial charge on any atom is 0.224 e. The highest BCUT2D eigenvalue weighted by atomic mass is 35.5. The maximum absolute atomic E-state index is 12.4. The Hall–Kier alpha value is -0.710. The van der Waals surface area contributed by atoms with Gasteiger partial charge in [-0.15, -0.1) is 0 Å². The number of hydrogen-bond donors (Lipinski definition) is 1. The number of piperidine rings is 1. The number of likely N-dealkylation sites (tertiary alicyclic amines) is 1. The van der Waals surface area contributed by atoms with E-state index in [1.807, 2.05) is 30.0 Å². The Morgan fingerprint density at radius 3 is 2.83 bits per heavy atom. The van der Waals surface area contributed by atoms with E-state index in [1.54, 1.807) is 0 Å². The van der Waals surface area contributed by atoms with Crippen molar-refractivity contribution < 1.29 is 4.79 Å². The minimum atomic E-state index is 0.0980. The third kappa shape index (κ3) is 6.66. The maximum atomic E-state index is 12.4. The van der Waals surface area contributed by atoms with E-state index in [9.17, 15) is 4.79 Å². The van der Waals surface area contributed by atoms with Gasteiger partial charge in [0.15, 0.2) is 0 Å². The first-order chi connectivity index (χ1) is 11.3. The average molecular weight is 369 g/mol. The van der Waals surface area contributed by atoms with Crippen molar-refractivity contribution in [1.82, 2.24) is 10.2 Å². The first kappa shape index (κ1) is 19.6. The standard InChI is InChI=1S/C19H29ClN2OS/c1-19(2,3)24-12-10-21-18(23)16-8-6-11-22(14-16)13-15-7-4-5-9-17(15)20/h4-5,7,9,16H,6,8,10-14H2,1-3H3,(H,21,23)/t16-/m0/s1. The molecule has 1 heterocycles. The summed E-state index contributed by atoms with van der Waals surface area (Å²) in [6.45, 7) is 10.0. The summed E-state index contributed by atoms with van der Waals surface area (Å²) < 4.78 is 0.251. The van der Waals surface area contributed by atoms with Gasteiger partial charge in [-0.25, -0.2) is 0 Å². The minimum Gasteiger partial charge on any atom is -0.355 e. The number of hydrogen-bond acceptors (Lipinski definition) is 3. The van der Waals surface area contributed by atoms with E-state index in [4.69, 9.17) is 11.6 Å². The molecule has 5 heteroatoms. The van der Waals surface area contributed by atoms with E-state index in [0.29, 0.717) is 0 Å². The van der Waals surface area contributed by atoms with Crippen molar-refractivity contribution in [3.05, 3.63) is 34.9 Å². The van der Waals surface area contributed by atoms with Gasteiger partial charge >= 0.3 is 0 Å². The number of thioether (sulfide) groups is 1. The molecule has 1 aliphatic heterocycles. The third-order valence-electron chi connectivity index (χ3n) is 4.16. The van der Waals surface area contributed by atoms with E-state index < -0.39 is 0 Å². The Balaban J connectivity index is 1.78. The molecule has 2 rings (SSSR count). The van der Waals surface area contributed by atoms with E-state index in [2.05, 4.69) is 37.1 Å². The smallest absolute Gasteiger partial charge is 0.224 e. The largest absolute Gasteiger partial charge is 0.355 e. The fourth-order valence-corrected chi connectivity index (χ4v) is 3.97. The molecule has 134 valence electrons. The number of nitrogens with one attached hydrogen (secondary N) is 1. The molecule has 1 aromatic rings. The van der Waals surface area contributed by atoms with Gasteiger partial charge in [-0.1, -0.05) is 50.6 Å². The molecular formula is C19H29ClN2OS. The summed E-state index contributed by atoms with van der Waals surface area (Å²) in [4.78, 5) is 14.8. The van der Waals surface area contributed by atoms with E-state index in [-0.39, 0.29) is 16.6 Å². The summed E-state index contributed by atoms with van der Waals surface area (Å²) in [5.41, 5.74) is 1.14. The molecule has 1 aromatic carbocycles. The number of benzene rings is 1. The van der Waals surface area contributed by atoms with Crippen LogP contribution in [0.25, 0.3) is 0 Å². The Morgan fingerprint density at radius 2 is 2.12 bits per heavy atom. The first-order valence-electron chi connectivity index (χ1n) is 8.72. The average Bonchev–Trinajstić information content (AvgIpc) is 2.53. The second-order valence-electron chi connectivity index (χ2n) is 7.42. The predicted octanol–water partition coefficient (Wildman–Crippen LogP) is 4.20. The molecule has 0 radical (unpaired) electrons. The van der Waals surface area contributed by atoms with Crippen LogP contribution in [-0.2, 0) is 11.3 Å². The van der Waals surface area contributed by atoms with Crippen molar-refractivity contribution in [3.8, 4) is 0 Å². The SMILES string of the molecule is CC(C)(C)SCCNC(=O)[C@H]1CCCN(Cc2ccccc2Cl)C1. The zero-order valence-corrected chi connectivity index (χ0v) is 16.6. The molecule has 24 heavy (non-hydrogen) atoms. The molecule has 1 saturated heterocycles. The lowest BCUT2D eigenvalue weighted by Gasteiger charge is -2.32.